The summed E-state index contributed by atoms with van der Waals surface area (Å²) in [5, 5.41) is 1.58. The number of carbonyl (C=O) groups is 1. The lowest BCUT2D eigenvalue weighted by atomic mass is 10.2. The summed E-state index contributed by atoms with van der Waals surface area (Å²) in [6.07, 6.45) is -4.50. The van der Waals surface area contributed by atoms with Gasteiger partial charge in [0, 0.05) is 0 Å². The second kappa shape index (κ2) is 2.85. The van der Waals surface area contributed by atoms with Crippen molar-refractivity contribution in [3.05, 3.63) is 0 Å². The first kappa shape index (κ1) is 10.3. The normalized spacial score (nSPS) is 22.2. The van der Waals surface area contributed by atoms with E-state index >= 15 is 0 Å². The van der Waals surface area contributed by atoms with Gasteiger partial charge in [0.05, 0.1) is 6.04 Å². The standard InChI is InChI=1S/C7H9F4NO/c1-4(6(8)2-3-6)12-5(13)7(9,10)11/h4H,2-3H2,1H3,(H,12,13). The molecule has 6 heteroatoms. The Bertz CT molecular complexity index is 221. The van der Waals surface area contributed by atoms with E-state index in [1.165, 1.54) is 6.92 Å². The Hall–Kier alpha value is -0.810. The Balaban J connectivity index is 2.45. The Morgan fingerprint density at radius 3 is 2.23 bits per heavy atom. The molecule has 1 N–H and O–H groups in total. The molecule has 1 atom stereocenters. The van der Waals surface area contributed by atoms with Gasteiger partial charge in [0.15, 0.2) is 0 Å². The van der Waals surface area contributed by atoms with Crippen LogP contribution in [0.4, 0.5) is 17.6 Å². The zero-order valence-corrected chi connectivity index (χ0v) is 6.91. The van der Waals surface area contributed by atoms with Gasteiger partial charge in [0.2, 0.25) is 0 Å². The zero-order valence-electron chi connectivity index (χ0n) is 6.91. The molecule has 1 rings (SSSR count). The molecule has 0 spiro atoms. The van der Waals surface area contributed by atoms with Crippen LogP contribution in [0.3, 0.4) is 0 Å². The van der Waals surface area contributed by atoms with Crippen molar-refractivity contribution in [2.45, 2.75) is 37.7 Å². The lowest BCUT2D eigenvalue weighted by molar-refractivity contribution is -0.174. The summed E-state index contributed by atoms with van der Waals surface area (Å²) in [6, 6.07) is -1.07. The van der Waals surface area contributed by atoms with Crippen LogP contribution in [0, 0.1) is 0 Å². The molecule has 1 unspecified atom stereocenters. The third kappa shape index (κ3) is 2.32. The van der Waals surface area contributed by atoms with Gasteiger partial charge in [-0.1, -0.05) is 0 Å². The number of amides is 1. The molecule has 1 saturated carbocycles. The molecule has 0 radical (unpaired) electrons. The van der Waals surface area contributed by atoms with Gasteiger partial charge < -0.3 is 5.32 Å². The van der Waals surface area contributed by atoms with Crippen molar-refractivity contribution in [2.75, 3.05) is 0 Å². The maximum Gasteiger partial charge on any atom is 0.471 e. The predicted molar refractivity (Wildman–Crippen MR) is 36.7 cm³/mol. The summed E-state index contributed by atoms with van der Waals surface area (Å²) in [5.41, 5.74) is -1.62. The molecular formula is C7H9F4NO. The SMILES string of the molecule is CC(NC(=O)C(F)(F)F)C1(F)CC1. The number of rotatable bonds is 2. The minimum atomic E-state index is -4.93. The highest BCUT2D eigenvalue weighted by atomic mass is 19.4. The molecule has 76 valence electrons. The fourth-order valence-electron chi connectivity index (χ4n) is 0.960. The summed E-state index contributed by atoms with van der Waals surface area (Å²) < 4.78 is 48.1. The van der Waals surface area contributed by atoms with E-state index in [9.17, 15) is 22.4 Å². The monoisotopic (exact) mass is 199 g/mol. The van der Waals surface area contributed by atoms with Gasteiger partial charge in [-0.15, -0.1) is 0 Å². The molecule has 0 saturated heterocycles. The van der Waals surface area contributed by atoms with Crippen LogP contribution in [0.1, 0.15) is 19.8 Å². The minimum Gasteiger partial charge on any atom is -0.343 e. The van der Waals surface area contributed by atoms with Crippen LogP contribution in [0.2, 0.25) is 0 Å². The molecule has 2 nitrogen and oxygen atoms in total. The number of nitrogens with one attached hydrogen (secondary N) is 1. The van der Waals surface area contributed by atoms with Crippen molar-refractivity contribution in [1.82, 2.24) is 5.32 Å². The third-order valence-electron chi connectivity index (χ3n) is 2.11. The van der Waals surface area contributed by atoms with Crippen LogP contribution in [0.15, 0.2) is 0 Å². The number of halogens is 4. The van der Waals surface area contributed by atoms with E-state index in [1.54, 1.807) is 5.32 Å². The van der Waals surface area contributed by atoms with E-state index < -0.39 is 23.8 Å². The van der Waals surface area contributed by atoms with Crippen molar-refractivity contribution in [3.8, 4) is 0 Å². The average Bonchev–Trinajstić information content (AvgIpc) is 2.67. The molecular weight excluding hydrogens is 190 g/mol. The molecule has 0 bridgehead atoms. The van der Waals surface area contributed by atoms with E-state index in [1.807, 2.05) is 0 Å². The van der Waals surface area contributed by atoms with Gasteiger partial charge in [-0.2, -0.15) is 13.2 Å². The summed E-state index contributed by atoms with van der Waals surface area (Å²) in [4.78, 5) is 10.3. The van der Waals surface area contributed by atoms with Crippen molar-refractivity contribution >= 4 is 5.91 Å². The van der Waals surface area contributed by atoms with Crippen LogP contribution < -0.4 is 5.32 Å². The van der Waals surface area contributed by atoms with Crippen LogP contribution in [0.25, 0.3) is 0 Å². The first-order valence-corrected chi connectivity index (χ1v) is 3.82. The first-order chi connectivity index (χ1) is 5.76. The lowest BCUT2D eigenvalue weighted by Crippen LogP contribution is -2.46. The quantitative estimate of drug-likeness (QED) is 0.672. The van der Waals surface area contributed by atoms with Crippen molar-refractivity contribution in [2.24, 2.45) is 0 Å². The molecule has 0 aromatic carbocycles. The third-order valence-corrected chi connectivity index (χ3v) is 2.11. The molecule has 1 aliphatic carbocycles. The highest BCUT2D eigenvalue weighted by molar-refractivity contribution is 5.82. The predicted octanol–water partition coefficient (Wildman–Crippen LogP) is 1.56. The van der Waals surface area contributed by atoms with Crippen molar-refractivity contribution in [3.63, 3.8) is 0 Å². The Morgan fingerprint density at radius 2 is 1.92 bits per heavy atom. The van der Waals surface area contributed by atoms with E-state index in [0.717, 1.165) is 0 Å². The largest absolute Gasteiger partial charge is 0.471 e. The van der Waals surface area contributed by atoms with E-state index in [0.29, 0.717) is 0 Å². The maximum absolute atomic E-state index is 13.1. The molecule has 1 aliphatic rings. The van der Waals surface area contributed by atoms with Crippen LogP contribution in [-0.2, 0) is 4.79 Å². The zero-order chi connectivity index (χ0) is 10.3. The fraction of sp³-hybridized carbons (Fsp3) is 0.857. The molecule has 13 heavy (non-hydrogen) atoms. The van der Waals surface area contributed by atoms with E-state index in [2.05, 4.69) is 0 Å². The Morgan fingerprint density at radius 1 is 1.46 bits per heavy atom. The minimum absolute atomic E-state index is 0.215. The second-order valence-corrected chi connectivity index (χ2v) is 3.23. The van der Waals surface area contributed by atoms with Crippen LogP contribution >= 0.6 is 0 Å². The summed E-state index contributed by atoms with van der Waals surface area (Å²) in [5.74, 6) is -2.08. The van der Waals surface area contributed by atoms with Gasteiger partial charge in [-0.25, -0.2) is 4.39 Å². The molecule has 0 aliphatic heterocycles. The molecule has 0 aromatic rings. The molecule has 1 amide bonds. The Labute approximate surface area is 72.3 Å². The topological polar surface area (TPSA) is 29.1 Å². The van der Waals surface area contributed by atoms with E-state index in [-0.39, 0.29) is 12.8 Å². The van der Waals surface area contributed by atoms with Crippen molar-refractivity contribution in [1.29, 1.82) is 0 Å². The fourth-order valence-corrected chi connectivity index (χ4v) is 0.960. The smallest absolute Gasteiger partial charge is 0.343 e. The highest BCUT2D eigenvalue weighted by Gasteiger charge is 2.51. The van der Waals surface area contributed by atoms with Crippen LogP contribution in [-0.4, -0.2) is 23.8 Å². The summed E-state index contributed by atoms with van der Waals surface area (Å²) >= 11 is 0. The number of hydrogen-bond donors (Lipinski definition) is 1. The molecule has 0 aromatic heterocycles. The van der Waals surface area contributed by atoms with Gasteiger partial charge >= 0.3 is 12.1 Å². The first-order valence-electron chi connectivity index (χ1n) is 3.82. The lowest BCUT2D eigenvalue weighted by Gasteiger charge is -2.17. The molecule has 1 fully saturated rings. The number of carbonyl (C=O) groups excluding carboxylic acids is 1. The van der Waals surface area contributed by atoms with Gasteiger partial charge in [-0.05, 0) is 19.8 Å². The highest BCUT2D eigenvalue weighted by Crippen LogP contribution is 2.42. The van der Waals surface area contributed by atoms with Crippen LogP contribution in [0.5, 0.6) is 0 Å². The number of alkyl halides is 4. The van der Waals surface area contributed by atoms with E-state index in [4.69, 9.17) is 0 Å². The maximum atomic E-state index is 13.1. The van der Waals surface area contributed by atoms with Gasteiger partial charge in [0.25, 0.3) is 0 Å². The average molecular weight is 199 g/mol. The van der Waals surface area contributed by atoms with Gasteiger partial charge in [-0.3, -0.25) is 4.79 Å². The number of hydrogen-bond acceptors (Lipinski definition) is 1. The molecule has 0 heterocycles. The summed E-state index contributed by atoms with van der Waals surface area (Å²) in [6.45, 7) is 1.23. The van der Waals surface area contributed by atoms with Gasteiger partial charge in [0.1, 0.15) is 5.67 Å². The van der Waals surface area contributed by atoms with Crippen molar-refractivity contribution < 1.29 is 22.4 Å². The summed E-state index contributed by atoms with van der Waals surface area (Å²) in [7, 11) is 0. The Kier molecular flexibility index (Phi) is 2.25. The second-order valence-electron chi connectivity index (χ2n) is 3.23.